The number of aromatic amines is 2. The van der Waals surface area contributed by atoms with E-state index in [0.29, 0.717) is 11.5 Å². The first kappa shape index (κ1) is 10.1. The molecule has 2 aromatic heterocycles. The summed E-state index contributed by atoms with van der Waals surface area (Å²) in [7, 11) is 0. The first-order valence-electron chi connectivity index (χ1n) is 4.63. The van der Waals surface area contributed by atoms with Crippen LogP contribution in [0.4, 0.5) is 5.69 Å². The summed E-state index contributed by atoms with van der Waals surface area (Å²) in [4.78, 5) is 15.6. The molecule has 8 heteroatoms. The van der Waals surface area contributed by atoms with Gasteiger partial charge in [-0.05, 0) is 6.92 Å². The van der Waals surface area contributed by atoms with Gasteiger partial charge < -0.3 is 11.1 Å². The number of nitrogen functional groups attached to an aromatic ring is 1. The number of nitrogens with two attached hydrogens (primary N) is 1. The molecule has 16 heavy (non-hydrogen) atoms. The molecule has 0 aliphatic heterocycles. The summed E-state index contributed by atoms with van der Waals surface area (Å²) < 4.78 is 0. The zero-order valence-electron chi connectivity index (χ0n) is 8.56. The van der Waals surface area contributed by atoms with Crippen LogP contribution in [0.5, 0.6) is 0 Å². The van der Waals surface area contributed by atoms with Gasteiger partial charge in [-0.2, -0.15) is 10.2 Å². The van der Waals surface area contributed by atoms with Crippen molar-refractivity contribution in [3.63, 3.8) is 0 Å². The van der Waals surface area contributed by atoms with E-state index in [1.165, 1.54) is 12.5 Å². The Balaban J connectivity index is 2.06. The Hall–Kier alpha value is -2.38. The van der Waals surface area contributed by atoms with Crippen molar-refractivity contribution in [2.75, 3.05) is 5.73 Å². The van der Waals surface area contributed by atoms with Gasteiger partial charge >= 0.3 is 0 Å². The van der Waals surface area contributed by atoms with Gasteiger partial charge in [-0.3, -0.25) is 15.0 Å². The van der Waals surface area contributed by atoms with Crippen molar-refractivity contribution in [2.45, 2.75) is 13.0 Å². The molecule has 0 radical (unpaired) electrons. The second kappa shape index (κ2) is 4.01. The average molecular weight is 221 g/mol. The molecule has 1 unspecified atom stereocenters. The van der Waals surface area contributed by atoms with Crippen LogP contribution in [-0.2, 0) is 0 Å². The fraction of sp³-hybridized carbons (Fsp3) is 0.250. The molecule has 5 N–H and O–H groups in total. The second-order valence-corrected chi connectivity index (χ2v) is 3.27. The Bertz CT molecular complexity index is 474. The molecule has 0 saturated carbocycles. The number of anilines is 1. The van der Waals surface area contributed by atoms with Crippen molar-refractivity contribution >= 4 is 11.6 Å². The van der Waals surface area contributed by atoms with Gasteiger partial charge in [-0.25, -0.2) is 4.98 Å². The van der Waals surface area contributed by atoms with Gasteiger partial charge in [0.1, 0.15) is 17.8 Å². The number of H-pyrrole nitrogens is 2. The Morgan fingerprint density at radius 1 is 1.50 bits per heavy atom. The Morgan fingerprint density at radius 2 is 2.31 bits per heavy atom. The third-order valence-corrected chi connectivity index (χ3v) is 2.09. The monoisotopic (exact) mass is 221 g/mol. The molecule has 1 atom stereocenters. The fourth-order valence-electron chi connectivity index (χ4n) is 1.24. The van der Waals surface area contributed by atoms with Crippen LogP contribution in [0.3, 0.4) is 0 Å². The highest BCUT2D eigenvalue weighted by Gasteiger charge is 2.16. The molecule has 0 aliphatic rings. The largest absolute Gasteiger partial charge is 0.396 e. The van der Waals surface area contributed by atoms with Crippen LogP contribution in [0.15, 0.2) is 12.5 Å². The molecule has 0 saturated heterocycles. The van der Waals surface area contributed by atoms with Crippen LogP contribution >= 0.6 is 0 Å². The Kier molecular flexibility index (Phi) is 2.54. The minimum atomic E-state index is -0.334. The minimum absolute atomic E-state index is 0.242. The van der Waals surface area contributed by atoms with Crippen LogP contribution in [-0.4, -0.2) is 31.3 Å². The smallest absolute Gasteiger partial charge is 0.272 e. The summed E-state index contributed by atoms with van der Waals surface area (Å²) in [5.74, 6) is 0.241. The number of rotatable bonds is 3. The van der Waals surface area contributed by atoms with Crippen molar-refractivity contribution in [3.05, 3.63) is 24.0 Å². The van der Waals surface area contributed by atoms with E-state index < -0.39 is 0 Å². The summed E-state index contributed by atoms with van der Waals surface area (Å²) in [5.41, 5.74) is 6.10. The van der Waals surface area contributed by atoms with Gasteiger partial charge in [0.05, 0.1) is 17.9 Å². The van der Waals surface area contributed by atoms with E-state index in [9.17, 15) is 4.79 Å². The lowest BCUT2D eigenvalue weighted by Crippen LogP contribution is -2.28. The van der Waals surface area contributed by atoms with Crippen LogP contribution in [0.25, 0.3) is 0 Å². The van der Waals surface area contributed by atoms with Gasteiger partial charge in [-0.15, -0.1) is 0 Å². The third kappa shape index (κ3) is 1.85. The molecule has 2 rings (SSSR count). The van der Waals surface area contributed by atoms with E-state index in [4.69, 9.17) is 5.73 Å². The number of amides is 1. The summed E-state index contributed by atoms with van der Waals surface area (Å²) in [5, 5.41) is 15.3. The molecular formula is C8H11N7O. The lowest BCUT2D eigenvalue weighted by Gasteiger charge is -2.09. The second-order valence-electron chi connectivity index (χ2n) is 3.27. The number of carbonyl (C=O) groups excluding carboxylic acids is 1. The zero-order valence-corrected chi connectivity index (χ0v) is 8.56. The van der Waals surface area contributed by atoms with Gasteiger partial charge in [-0.1, -0.05) is 0 Å². The molecule has 1 amide bonds. The Morgan fingerprint density at radius 3 is 2.88 bits per heavy atom. The Labute approximate surface area is 90.6 Å². The molecule has 84 valence electrons. The van der Waals surface area contributed by atoms with Gasteiger partial charge in [0.25, 0.3) is 5.91 Å². The fourth-order valence-corrected chi connectivity index (χ4v) is 1.24. The molecule has 0 bridgehead atoms. The lowest BCUT2D eigenvalue weighted by atomic mass is 10.3. The highest BCUT2D eigenvalue weighted by Crippen LogP contribution is 2.09. The molecule has 8 nitrogen and oxygen atoms in total. The molecule has 2 aromatic rings. The number of carbonyl (C=O) groups is 1. The van der Waals surface area contributed by atoms with Crippen LogP contribution < -0.4 is 11.1 Å². The molecule has 0 fully saturated rings. The molecular weight excluding hydrogens is 210 g/mol. The SMILES string of the molecule is CC(NC(=O)c1[nH]ncc1N)c1ncn[nH]1. The summed E-state index contributed by atoms with van der Waals surface area (Å²) >= 11 is 0. The van der Waals surface area contributed by atoms with E-state index in [0.717, 1.165) is 0 Å². The molecule has 0 aliphatic carbocycles. The van der Waals surface area contributed by atoms with E-state index in [1.54, 1.807) is 6.92 Å². The van der Waals surface area contributed by atoms with Crippen LogP contribution in [0.2, 0.25) is 0 Å². The highest BCUT2D eigenvalue weighted by atomic mass is 16.2. The first-order valence-corrected chi connectivity index (χ1v) is 4.63. The number of nitrogens with one attached hydrogen (secondary N) is 3. The van der Waals surface area contributed by atoms with E-state index in [1.807, 2.05) is 0 Å². The lowest BCUT2D eigenvalue weighted by molar-refractivity contribution is 0.0934. The molecule has 2 heterocycles. The standard InChI is InChI=1S/C8H11N7O/c1-4(7-10-3-12-15-7)13-8(16)6-5(9)2-11-14-6/h2-4H,9H2,1H3,(H,11,14)(H,13,16)(H,10,12,15). The number of hydrogen-bond acceptors (Lipinski definition) is 5. The van der Waals surface area contributed by atoms with Crippen molar-refractivity contribution in [3.8, 4) is 0 Å². The van der Waals surface area contributed by atoms with E-state index >= 15 is 0 Å². The molecule has 0 aromatic carbocycles. The normalized spacial score (nSPS) is 12.3. The highest BCUT2D eigenvalue weighted by molar-refractivity contribution is 5.97. The summed E-state index contributed by atoms with van der Waals surface area (Å²) in [6.45, 7) is 1.78. The van der Waals surface area contributed by atoms with Crippen molar-refractivity contribution in [1.29, 1.82) is 0 Å². The number of nitrogens with zero attached hydrogens (tertiary/aromatic N) is 3. The quantitative estimate of drug-likeness (QED) is 0.561. The zero-order chi connectivity index (χ0) is 11.5. The summed E-state index contributed by atoms with van der Waals surface area (Å²) in [6.07, 6.45) is 2.76. The summed E-state index contributed by atoms with van der Waals surface area (Å²) in [6, 6.07) is -0.280. The minimum Gasteiger partial charge on any atom is -0.396 e. The van der Waals surface area contributed by atoms with Gasteiger partial charge in [0.2, 0.25) is 0 Å². The van der Waals surface area contributed by atoms with Gasteiger partial charge in [0, 0.05) is 0 Å². The van der Waals surface area contributed by atoms with Crippen molar-refractivity contribution in [1.82, 2.24) is 30.7 Å². The van der Waals surface area contributed by atoms with Gasteiger partial charge in [0.15, 0.2) is 0 Å². The van der Waals surface area contributed by atoms with Crippen molar-refractivity contribution < 1.29 is 4.79 Å². The predicted octanol–water partition coefficient (Wildman–Crippen LogP) is -0.399. The van der Waals surface area contributed by atoms with E-state index in [2.05, 4.69) is 30.7 Å². The average Bonchev–Trinajstić information content (AvgIpc) is 2.86. The number of hydrogen-bond donors (Lipinski definition) is 4. The first-order chi connectivity index (χ1) is 7.68. The maximum atomic E-state index is 11.7. The van der Waals surface area contributed by atoms with Crippen LogP contribution in [0.1, 0.15) is 29.3 Å². The maximum absolute atomic E-state index is 11.7. The third-order valence-electron chi connectivity index (χ3n) is 2.09. The topological polar surface area (TPSA) is 125 Å². The van der Waals surface area contributed by atoms with E-state index in [-0.39, 0.29) is 17.6 Å². The predicted molar refractivity (Wildman–Crippen MR) is 55.3 cm³/mol. The van der Waals surface area contributed by atoms with Crippen molar-refractivity contribution in [2.24, 2.45) is 0 Å². The molecule has 0 spiro atoms. The van der Waals surface area contributed by atoms with Crippen LogP contribution in [0, 0.1) is 0 Å². The maximum Gasteiger partial charge on any atom is 0.272 e. The number of aromatic nitrogens is 5.